The number of halogens is 2. The summed E-state index contributed by atoms with van der Waals surface area (Å²) < 4.78 is 0. The van der Waals surface area contributed by atoms with Crippen LogP contribution in [0.4, 0.5) is 0 Å². The van der Waals surface area contributed by atoms with Crippen LogP contribution in [0.15, 0.2) is 18.2 Å². The first-order valence-corrected chi connectivity index (χ1v) is 4.63. The second-order valence-electron chi connectivity index (χ2n) is 2.74. The summed E-state index contributed by atoms with van der Waals surface area (Å²) in [7, 11) is 0. The number of carbonyl (C=O) groups is 1. The van der Waals surface area contributed by atoms with Crippen molar-refractivity contribution in [2.24, 2.45) is 0 Å². The second-order valence-corrected chi connectivity index (χ2v) is 3.52. The number of allylic oxidation sites excluding steroid dienone is 1. The van der Waals surface area contributed by atoms with Gasteiger partial charge in [-0.25, -0.2) is 0 Å². The molecular formula is C10H8Cl2O2. The lowest BCUT2D eigenvalue weighted by molar-refractivity contribution is -0.112. The number of ketones is 1. The first-order valence-electron chi connectivity index (χ1n) is 3.88. The van der Waals surface area contributed by atoms with E-state index in [9.17, 15) is 9.90 Å². The van der Waals surface area contributed by atoms with Crippen molar-refractivity contribution in [2.45, 2.75) is 6.92 Å². The van der Waals surface area contributed by atoms with Gasteiger partial charge < -0.3 is 5.11 Å². The molecule has 0 radical (unpaired) electrons. The fourth-order valence-electron chi connectivity index (χ4n) is 0.911. The zero-order valence-electron chi connectivity index (χ0n) is 7.42. The molecule has 0 spiro atoms. The molecule has 14 heavy (non-hydrogen) atoms. The van der Waals surface area contributed by atoms with Gasteiger partial charge in [-0.05, 0) is 31.2 Å². The minimum Gasteiger partial charge on any atom is -0.506 e. The average molecular weight is 231 g/mol. The Bertz CT molecular complexity index is 397. The maximum absolute atomic E-state index is 10.7. The molecule has 4 heteroatoms. The lowest BCUT2D eigenvalue weighted by Gasteiger charge is -2.03. The highest BCUT2D eigenvalue weighted by Gasteiger charge is 2.06. The summed E-state index contributed by atoms with van der Waals surface area (Å²) in [6.45, 7) is 1.42. The highest BCUT2D eigenvalue weighted by Crippen LogP contribution is 2.33. The molecule has 0 amide bonds. The fourth-order valence-corrected chi connectivity index (χ4v) is 1.41. The van der Waals surface area contributed by atoms with E-state index < -0.39 is 0 Å². The van der Waals surface area contributed by atoms with Crippen LogP contribution in [-0.4, -0.2) is 10.9 Å². The Morgan fingerprint density at radius 3 is 2.64 bits per heavy atom. The maximum atomic E-state index is 10.7. The van der Waals surface area contributed by atoms with Gasteiger partial charge in [0.15, 0.2) is 5.78 Å². The van der Waals surface area contributed by atoms with E-state index in [0.717, 1.165) is 0 Å². The Hall–Kier alpha value is -0.990. The Labute approximate surface area is 91.8 Å². The van der Waals surface area contributed by atoms with Crippen molar-refractivity contribution in [3.63, 3.8) is 0 Å². The van der Waals surface area contributed by atoms with Gasteiger partial charge in [0.05, 0.1) is 5.02 Å². The van der Waals surface area contributed by atoms with E-state index in [0.29, 0.717) is 10.6 Å². The van der Waals surface area contributed by atoms with E-state index in [2.05, 4.69) is 0 Å². The molecule has 0 aromatic heterocycles. The van der Waals surface area contributed by atoms with Crippen molar-refractivity contribution in [1.29, 1.82) is 0 Å². The van der Waals surface area contributed by atoms with Crippen molar-refractivity contribution in [3.8, 4) is 5.75 Å². The van der Waals surface area contributed by atoms with Gasteiger partial charge in [-0.2, -0.15) is 0 Å². The van der Waals surface area contributed by atoms with Crippen LogP contribution < -0.4 is 0 Å². The van der Waals surface area contributed by atoms with Gasteiger partial charge in [0.25, 0.3) is 0 Å². The number of carbonyl (C=O) groups excluding carboxylic acids is 1. The van der Waals surface area contributed by atoms with E-state index in [-0.39, 0.29) is 16.6 Å². The first kappa shape index (κ1) is 11.1. The van der Waals surface area contributed by atoms with Gasteiger partial charge in [0.1, 0.15) is 5.75 Å². The summed E-state index contributed by atoms with van der Waals surface area (Å²) in [5.74, 6) is -0.167. The number of phenols is 1. The molecular weight excluding hydrogens is 223 g/mol. The third-order valence-electron chi connectivity index (χ3n) is 1.59. The highest BCUT2D eigenvalue weighted by atomic mass is 35.5. The molecule has 0 aliphatic rings. The molecule has 2 nitrogen and oxygen atoms in total. The first-order chi connectivity index (χ1) is 6.52. The summed E-state index contributed by atoms with van der Waals surface area (Å²) >= 11 is 11.6. The molecule has 1 aromatic carbocycles. The van der Waals surface area contributed by atoms with Gasteiger partial charge in [-0.15, -0.1) is 0 Å². The van der Waals surface area contributed by atoms with E-state index in [1.54, 1.807) is 0 Å². The zero-order chi connectivity index (χ0) is 10.7. The Kier molecular flexibility index (Phi) is 3.55. The SMILES string of the molecule is CC(=O)C=Cc1c(Cl)ccc(O)c1Cl. The van der Waals surface area contributed by atoms with E-state index in [4.69, 9.17) is 23.2 Å². The lowest BCUT2D eigenvalue weighted by atomic mass is 10.2. The molecule has 0 atom stereocenters. The molecule has 0 heterocycles. The van der Waals surface area contributed by atoms with Crippen molar-refractivity contribution >= 4 is 35.1 Å². The molecule has 74 valence electrons. The second kappa shape index (κ2) is 4.49. The molecule has 0 fully saturated rings. The highest BCUT2D eigenvalue weighted by molar-refractivity contribution is 6.38. The molecule has 1 N–H and O–H groups in total. The monoisotopic (exact) mass is 230 g/mol. The van der Waals surface area contributed by atoms with Crippen LogP contribution in [0, 0.1) is 0 Å². The molecule has 0 saturated heterocycles. The average Bonchev–Trinajstić information content (AvgIpc) is 2.11. The Morgan fingerprint density at radius 2 is 2.07 bits per heavy atom. The molecule has 0 saturated carbocycles. The Balaban J connectivity index is 3.19. The number of rotatable bonds is 2. The topological polar surface area (TPSA) is 37.3 Å². The van der Waals surface area contributed by atoms with Gasteiger partial charge in [-0.1, -0.05) is 23.2 Å². The molecule has 0 bridgehead atoms. The third kappa shape index (κ3) is 2.50. The van der Waals surface area contributed by atoms with Gasteiger partial charge >= 0.3 is 0 Å². The maximum Gasteiger partial charge on any atom is 0.152 e. The molecule has 0 aliphatic heterocycles. The smallest absolute Gasteiger partial charge is 0.152 e. The van der Waals surface area contributed by atoms with Crippen LogP contribution in [0.5, 0.6) is 5.75 Å². The number of hydrogen-bond donors (Lipinski definition) is 1. The molecule has 0 unspecified atom stereocenters. The van der Waals surface area contributed by atoms with Crippen LogP contribution in [-0.2, 0) is 4.79 Å². The number of phenolic OH excluding ortho intramolecular Hbond substituents is 1. The van der Waals surface area contributed by atoms with Crippen LogP contribution >= 0.6 is 23.2 Å². The van der Waals surface area contributed by atoms with Crippen molar-refractivity contribution in [3.05, 3.63) is 33.8 Å². The molecule has 1 aromatic rings. The number of benzene rings is 1. The quantitative estimate of drug-likeness (QED) is 0.792. The van der Waals surface area contributed by atoms with Gasteiger partial charge in [0.2, 0.25) is 0 Å². The summed E-state index contributed by atoms with van der Waals surface area (Å²) in [6, 6.07) is 2.92. The summed E-state index contributed by atoms with van der Waals surface area (Å²) in [4.78, 5) is 10.7. The lowest BCUT2D eigenvalue weighted by Crippen LogP contribution is -1.83. The number of aromatic hydroxyl groups is 1. The van der Waals surface area contributed by atoms with Gasteiger partial charge in [0, 0.05) is 10.6 Å². The normalized spacial score (nSPS) is 10.8. The summed E-state index contributed by atoms with van der Waals surface area (Å²) in [5, 5.41) is 9.82. The fraction of sp³-hybridized carbons (Fsp3) is 0.100. The molecule has 1 rings (SSSR count). The standard InChI is InChI=1S/C10H8Cl2O2/c1-6(13)2-3-7-8(11)4-5-9(14)10(7)12/h2-5,14H,1H3. The van der Waals surface area contributed by atoms with Crippen LogP contribution in [0.3, 0.4) is 0 Å². The zero-order valence-corrected chi connectivity index (χ0v) is 8.93. The predicted molar refractivity (Wildman–Crippen MR) is 57.8 cm³/mol. The van der Waals surface area contributed by atoms with E-state index >= 15 is 0 Å². The van der Waals surface area contributed by atoms with Gasteiger partial charge in [-0.3, -0.25) is 4.79 Å². The van der Waals surface area contributed by atoms with Crippen LogP contribution in [0.25, 0.3) is 6.08 Å². The van der Waals surface area contributed by atoms with Crippen molar-refractivity contribution < 1.29 is 9.90 Å². The molecule has 0 aliphatic carbocycles. The Morgan fingerprint density at radius 1 is 1.43 bits per heavy atom. The van der Waals surface area contributed by atoms with E-state index in [1.807, 2.05) is 0 Å². The van der Waals surface area contributed by atoms with E-state index in [1.165, 1.54) is 31.2 Å². The van der Waals surface area contributed by atoms with Crippen LogP contribution in [0.1, 0.15) is 12.5 Å². The third-order valence-corrected chi connectivity index (χ3v) is 2.32. The summed E-state index contributed by atoms with van der Waals surface area (Å²) in [6.07, 6.45) is 2.82. The largest absolute Gasteiger partial charge is 0.506 e. The predicted octanol–water partition coefficient (Wildman–Crippen LogP) is 3.30. The minimum atomic E-state index is -0.111. The van der Waals surface area contributed by atoms with Crippen molar-refractivity contribution in [1.82, 2.24) is 0 Å². The number of hydrogen-bond acceptors (Lipinski definition) is 2. The minimum absolute atomic E-state index is 0.0562. The van der Waals surface area contributed by atoms with Crippen molar-refractivity contribution in [2.75, 3.05) is 0 Å². The van der Waals surface area contributed by atoms with Crippen LogP contribution in [0.2, 0.25) is 10.0 Å². The summed E-state index contributed by atoms with van der Waals surface area (Å²) in [5.41, 5.74) is 0.448.